The van der Waals surface area contributed by atoms with Crippen molar-refractivity contribution in [1.82, 2.24) is 4.90 Å². The molecule has 5 nitrogen and oxygen atoms in total. The monoisotopic (exact) mass is 331 g/mol. The van der Waals surface area contributed by atoms with E-state index in [0.29, 0.717) is 19.6 Å². The molecule has 1 heterocycles. The number of carbonyl (C=O) groups excluding carboxylic acids is 1. The molecule has 0 radical (unpaired) electrons. The minimum Gasteiger partial charge on any atom is -0.444 e. The molecule has 1 N–H and O–H groups in total. The van der Waals surface area contributed by atoms with E-state index in [0.717, 1.165) is 0 Å². The molecule has 6 heteroatoms. The van der Waals surface area contributed by atoms with Crippen molar-refractivity contribution in [2.24, 2.45) is 0 Å². The van der Waals surface area contributed by atoms with Crippen LogP contribution >= 0.6 is 0 Å². The van der Waals surface area contributed by atoms with Crippen LogP contribution in [0.3, 0.4) is 0 Å². The first kappa shape index (κ1) is 19.5. The maximum atomic E-state index is 12.3. The first-order valence-corrected chi connectivity index (χ1v) is 11.0. The SMILES string of the molecule is CC(C)(C)OC(=O)N1CCC(O)C1CO[Si](C)(C)C(C)(C)C. The standard InChI is InChI=1S/C16H33NO4Si/c1-15(2,3)21-14(19)17-10-9-13(18)12(17)11-20-22(7,8)16(4,5)6/h12-13,18H,9-11H2,1-8H3. The minimum absolute atomic E-state index is 0.104. The van der Waals surface area contributed by atoms with Crippen LogP contribution in [-0.2, 0) is 9.16 Å². The van der Waals surface area contributed by atoms with E-state index >= 15 is 0 Å². The van der Waals surface area contributed by atoms with Crippen molar-refractivity contribution < 1.29 is 19.1 Å². The summed E-state index contributed by atoms with van der Waals surface area (Å²) in [4.78, 5) is 13.9. The number of rotatable bonds is 3. The van der Waals surface area contributed by atoms with Gasteiger partial charge in [-0.25, -0.2) is 4.79 Å². The summed E-state index contributed by atoms with van der Waals surface area (Å²) >= 11 is 0. The highest BCUT2D eigenvalue weighted by Gasteiger charge is 2.42. The Morgan fingerprint density at radius 1 is 1.23 bits per heavy atom. The predicted octanol–water partition coefficient (Wildman–Crippen LogP) is 3.38. The quantitative estimate of drug-likeness (QED) is 0.806. The molecule has 2 unspecified atom stereocenters. The second-order valence-electron chi connectivity index (χ2n) is 8.67. The highest BCUT2D eigenvalue weighted by molar-refractivity contribution is 6.74. The summed E-state index contributed by atoms with van der Waals surface area (Å²) in [5, 5.41) is 10.3. The molecule has 0 spiro atoms. The van der Waals surface area contributed by atoms with E-state index in [9.17, 15) is 9.90 Å². The molecule has 0 bridgehead atoms. The number of aliphatic hydroxyl groups excluding tert-OH is 1. The molecule has 0 aromatic rings. The molecule has 130 valence electrons. The van der Waals surface area contributed by atoms with Crippen LogP contribution in [0.15, 0.2) is 0 Å². The highest BCUT2D eigenvalue weighted by atomic mass is 28.4. The molecule has 0 aliphatic carbocycles. The Morgan fingerprint density at radius 3 is 2.23 bits per heavy atom. The Bertz CT molecular complexity index is 398. The van der Waals surface area contributed by atoms with Gasteiger partial charge >= 0.3 is 6.09 Å². The molecular formula is C16H33NO4Si. The highest BCUT2D eigenvalue weighted by Crippen LogP contribution is 2.37. The summed E-state index contributed by atoms with van der Waals surface area (Å²) in [7, 11) is -1.90. The molecule has 1 amide bonds. The van der Waals surface area contributed by atoms with Crippen molar-refractivity contribution in [2.75, 3.05) is 13.2 Å². The van der Waals surface area contributed by atoms with Gasteiger partial charge in [-0.2, -0.15) is 0 Å². The Morgan fingerprint density at radius 2 is 1.77 bits per heavy atom. The predicted molar refractivity (Wildman–Crippen MR) is 90.5 cm³/mol. The molecule has 1 aliphatic heterocycles. The van der Waals surface area contributed by atoms with Gasteiger partial charge < -0.3 is 19.2 Å². The number of nitrogens with zero attached hydrogens (tertiary/aromatic N) is 1. The molecule has 2 atom stereocenters. The Kier molecular flexibility index (Phi) is 5.74. The summed E-state index contributed by atoms with van der Waals surface area (Å²) in [6, 6.07) is -0.316. The lowest BCUT2D eigenvalue weighted by Gasteiger charge is -2.38. The van der Waals surface area contributed by atoms with Crippen LogP contribution in [0.5, 0.6) is 0 Å². The second-order valence-corrected chi connectivity index (χ2v) is 13.5. The summed E-state index contributed by atoms with van der Waals surface area (Å²) < 4.78 is 11.6. The number of amides is 1. The van der Waals surface area contributed by atoms with Crippen LogP contribution in [0.2, 0.25) is 18.1 Å². The number of likely N-dealkylation sites (tertiary alicyclic amines) is 1. The van der Waals surface area contributed by atoms with Gasteiger partial charge in [-0.1, -0.05) is 20.8 Å². The van der Waals surface area contributed by atoms with Gasteiger partial charge in [0.15, 0.2) is 8.32 Å². The fourth-order valence-electron chi connectivity index (χ4n) is 2.10. The van der Waals surface area contributed by atoms with Crippen LogP contribution in [0, 0.1) is 0 Å². The van der Waals surface area contributed by atoms with Crippen LogP contribution < -0.4 is 0 Å². The molecule has 1 rings (SSSR count). The maximum absolute atomic E-state index is 12.3. The zero-order valence-corrected chi connectivity index (χ0v) is 16.4. The lowest BCUT2D eigenvalue weighted by atomic mass is 10.2. The van der Waals surface area contributed by atoms with Gasteiger partial charge in [-0.05, 0) is 45.3 Å². The smallest absolute Gasteiger partial charge is 0.410 e. The van der Waals surface area contributed by atoms with E-state index < -0.39 is 20.0 Å². The van der Waals surface area contributed by atoms with E-state index in [-0.39, 0.29) is 17.2 Å². The molecule has 1 aliphatic rings. The molecule has 1 fully saturated rings. The third-order valence-electron chi connectivity index (χ3n) is 4.56. The van der Waals surface area contributed by atoms with Gasteiger partial charge in [0.25, 0.3) is 0 Å². The second kappa shape index (κ2) is 6.49. The van der Waals surface area contributed by atoms with Gasteiger partial charge in [-0.3, -0.25) is 0 Å². The molecule has 0 aromatic carbocycles. The van der Waals surface area contributed by atoms with E-state index in [1.165, 1.54) is 0 Å². The number of aliphatic hydroxyl groups is 1. The van der Waals surface area contributed by atoms with Gasteiger partial charge in [0.1, 0.15) is 5.60 Å². The summed E-state index contributed by atoms with van der Waals surface area (Å²) in [5.74, 6) is 0. The average Bonchev–Trinajstić information content (AvgIpc) is 2.64. The van der Waals surface area contributed by atoms with Crippen molar-refractivity contribution in [3.63, 3.8) is 0 Å². The van der Waals surface area contributed by atoms with E-state index in [4.69, 9.17) is 9.16 Å². The van der Waals surface area contributed by atoms with E-state index in [2.05, 4.69) is 33.9 Å². The fraction of sp³-hybridized carbons (Fsp3) is 0.938. The van der Waals surface area contributed by atoms with Crippen LogP contribution in [0.1, 0.15) is 48.0 Å². The number of carbonyl (C=O) groups is 1. The number of hydrogen-bond donors (Lipinski definition) is 1. The third-order valence-corrected chi connectivity index (χ3v) is 9.06. The average molecular weight is 332 g/mol. The molecule has 1 saturated heterocycles. The normalized spacial score (nSPS) is 23.8. The first-order chi connectivity index (χ1) is 9.74. The summed E-state index contributed by atoms with van der Waals surface area (Å²) in [6.45, 7) is 17.3. The molecule has 22 heavy (non-hydrogen) atoms. The van der Waals surface area contributed by atoms with E-state index in [1.807, 2.05) is 20.8 Å². The van der Waals surface area contributed by atoms with Crippen LogP contribution in [0.25, 0.3) is 0 Å². The van der Waals surface area contributed by atoms with Crippen molar-refractivity contribution in [3.8, 4) is 0 Å². The molecule has 0 saturated carbocycles. The Hall–Kier alpha value is -0.593. The zero-order chi connectivity index (χ0) is 17.3. The molecule has 0 aromatic heterocycles. The number of hydrogen-bond acceptors (Lipinski definition) is 4. The fourth-order valence-corrected chi connectivity index (χ4v) is 3.12. The van der Waals surface area contributed by atoms with Gasteiger partial charge in [0.05, 0.1) is 18.8 Å². The van der Waals surface area contributed by atoms with Crippen molar-refractivity contribution >= 4 is 14.4 Å². The van der Waals surface area contributed by atoms with Gasteiger partial charge in [-0.15, -0.1) is 0 Å². The lowest BCUT2D eigenvalue weighted by molar-refractivity contribution is 0.00763. The van der Waals surface area contributed by atoms with Crippen LogP contribution in [-0.4, -0.2) is 55.3 Å². The Labute approximate surface area is 136 Å². The van der Waals surface area contributed by atoms with Gasteiger partial charge in [0.2, 0.25) is 0 Å². The van der Waals surface area contributed by atoms with E-state index in [1.54, 1.807) is 4.90 Å². The minimum atomic E-state index is -1.90. The largest absolute Gasteiger partial charge is 0.444 e. The van der Waals surface area contributed by atoms with Crippen molar-refractivity contribution in [3.05, 3.63) is 0 Å². The van der Waals surface area contributed by atoms with Gasteiger partial charge in [0, 0.05) is 6.54 Å². The summed E-state index contributed by atoms with van der Waals surface area (Å²) in [5.41, 5.74) is -0.532. The molecular weight excluding hydrogens is 298 g/mol. The number of ether oxygens (including phenoxy) is 1. The first-order valence-electron chi connectivity index (χ1n) is 8.06. The zero-order valence-electron chi connectivity index (χ0n) is 15.4. The Balaban J connectivity index is 2.72. The summed E-state index contributed by atoms with van der Waals surface area (Å²) in [6.07, 6.45) is -0.338. The topological polar surface area (TPSA) is 59.0 Å². The maximum Gasteiger partial charge on any atom is 0.410 e. The lowest BCUT2D eigenvalue weighted by Crippen LogP contribution is -2.49. The third kappa shape index (κ3) is 4.96. The van der Waals surface area contributed by atoms with Crippen molar-refractivity contribution in [2.45, 2.75) is 83.8 Å². The van der Waals surface area contributed by atoms with Crippen LogP contribution in [0.4, 0.5) is 4.79 Å². The van der Waals surface area contributed by atoms with Crippen molar-refractivity contribution in [1.29, 1.82) is 0 Å².